The van der Waals surface area contributed by atoms with Crippen LogP contribution in [0.25, 0.3) is 0 Å². The largest absolute Gasteiger partial charge is 0.349 e. The van der Waals surface area contributed by atoms with Crippen molar-refractivity contribution in [3.63, 3.8) is 0 Å². The van der Waals surface area contributed by atoms with Crippen LogP contribution in [0.15, 0.2) is 41.8 Å². The van der Waals surface area contributed by atoms with Gasteiger partial charge in [0.05, 0.1) is 4.90 Å². The van der Waals surface area contributed by atoms with Crippen LogP contribution in [-0.4, -0.2) is 51.8 Å². The third-order valence-corrected chi connectivity index (χ3v) is 4.73. The highest BCUT2D eigenvalue weighted by molar-refractivity contribution is 7.89. The highest BCUT2D eigenvalue weighted by Crippen LogP contribution is 2.13. The normalized spacial score (nSPS) is 12.3. The summed E-state index contributed by atoms with van der Waals surface area (Å²) in [5.41, 5.74) is 0.215. The van der Waals surface area contributed by atoms with E-state index in [2.05, 4.69) is 16.6 Å². The van der Waals surface area contributed by atoms with E-state index in [1.165, 1.54) is 35.2 Å². The zero-order valence-electron chi connectivity index (χ0n) is 14.1. The Hall–Kier alpha value is -2.19. The Kier molecular flexibility index (Phi) is 7.12. The van der Waals surface area contributed by atoms with Gasteiger partial charge in [0.2, 0.25) is 15.9 Å². The molecule has 0 spiro atoms. The number of hydrogen-bond acceptors (Lipinski definition) is 4. The highest BCUT2D eigenvalue weighted by atomic mass is 32.2. The van der Waals surface area contributed by atoms with Crippen LogP contribution >= 0.6 is 0 Å². The summed E-state index contributed by atoms with van der Waals surface area (Å²) in [7, 11) is -0.806. The fourth-order valence-corrected chi connectivity index (χ4v) is 3.26. The molecule has 0 aromatic heterocycles. The molecule has 2 N–H and O–H groups in total. The van der Waals surface area contributed by atoms with Gasteiger partial charge in [0, 0.05) is 26.2 Å². The number of carbonyl (C=O) groups excluding carboxylic acids is 2. The summed E-state index contributed by atoms with van der Waals surface area (Å²) in [6, 6.07) is 4.78. The molecule has 0 unspecified atom stereocenters. The van der Waals surface area contributed by atoms with Gasteiger partial charge in [-0.1, -0.05) is 19.1 Å². The van der Waals surface area contributed by atoms with E-state index in [4.69, 9.17) is 0 Å². The lowest BCUT2D eigenvalue weighted by Gasteiger charge is -2.20. The van der Waals surface area contributed by atoms with E-state index in [1.54, 1.807) is 21.0 Å². The molecule has 1 atom stereocenters. The topological polar surface area (TPSA) is 95.6 Å². The van der Waals surface area contributed by atoms with Crippen LogP contribution in [0.3, 0.4) is 0 Å². The molecule has 1 aromatic carbocycles. The lowest BCUT2D eigenvalue weighted by molar-refractivity contribution is -0.130. The second-order valence-electron chi connectivity index (χ2n) is 5.34. The summed E-state index contributed by atoms with van der Waals surface area (Å²) in [5.74, 6) is -0.732. The third-order valence-electron chi connectivity index (χ3n) is 3.26. The Bertz CT molecular complexity index is 714. The molecule has 132 valence electrons. The van der Waals surface area contributed by atoms with E-state index >= 15 is 0 Å². The van der Waals surface area contributed by atoms with E-state index in [0.717, 1.165) is 0 Å². The number of nitrogens with one attached hydrogen (secondary N) is 2. The standard InChI is InChI=1S/C16H23N3O4S/c1-5-10-17-15(20)12-8-7-9-13(11-12)24(22,23)18-14(6-2)16(21)19(3)4/h5,7-9,11,14,18H,1,6,10H2,2-4H3,(H,17,20)/t14-/m0/s1. The van der Waals surface area contributed by atoms with Crippen LogP contribution in [0.5, 0.6) is 0 Å². The molecule has 1 aromatic rings. The average molecular weight is 353 g/mol. The summed E-state index contributed by atoms with van der Waals surface area (Å²) >= 11 is 0. The van der Waals surface area contributed by atoms with Crippen LogP contribution < -0.4 is 10.0 Å². The molecule has 0 aliphatic rings. The second-order valence-corrected chi connectivity index (χ2v) is 7.06. The van der Waals surface area contributed by atoms with Crippen molar-refractivity contribution in [1.82, 2.24) is 14.9 Å². The minimum atomic E-state index is -3.92. The van der Waals surface area contributed by atoms with Crippen molar-refractivity contribution in [3.8, 4) is 0 Å². The van der Waals surface area contributed by atoms with Crippen LogP contribution in [0, 0.1) is 0 Å². The predicted octanol–water partition coefficient (Wildman–Crippen LogP) is 0.747. The Morgan fingerprint density at radius 2 is 2.00 bits per heavy atom. The molecule has 0 bridgehead atoms. The number of sulfonamides is 1. The maximum Gasteiger partial charge on any atom is 0.251 e. The Morgan fingerprint density at radius 1 is 1.33 bits per heavy atom. The quantitative estimate of drug-likeness (QED) is 0.674. The Balaban J connectivity index is 3.04. The van der Waals surface area contributed by atoms with E-state index in [9.17, 15) is 18.0 Å². The van der Waals surface area contributed by atoms with Gasteiger partial charge >= 0.3 is 0 Å². The maximum absolute atomic E-state index is 12.5. The van der Waals surface area contributed by atoms with Gasteiger partial charge in [0.1, 0.15) is 6.04 Å². The van der Waals surface area contributed by atoms with Gasteiger partial charge in [-0.15, -0.1) is 6.58 Å². The summed E-state index contributed by atoms with van der Waals surface area (Å²) < 4.78 is 27.4. The van der Waals surface area contributed by atoms with Crippen LogP contribution in [-0.2, 0) is 14.8 Å². The van der Waals surface area contributed by atoms with Crippen LogP contribution in [0.4, 0.5) is 0 Å². The maximum atomic E-state index is 12.5. The number of carbonyl (C=O) groups is 2. The lowest BCUT2D eigenvalue weighted by atomic mass is 10.2. The first kappa shape index (κ1) is 19.9. The lowest BCUT2D eigenvalue weighted by Crippen LogP contribution is -2.45. The molecule has 0 saturated carbocycles. The Morgan fingerprint density at radius 3 is 2.54 bits per heavy atom. The molecule has 1 rings (SSSR count). The van der Waals surface area contributed by atoms with Gasteiger partial charge in [0.25, 0.3) is 5.91 Å². The van der Waals surface area contributed by atoms with E-state index < -0.39 is 22.0 Å². The molecular weight excluding hydrogens is 330 g/mol. The molecule has 0 heterocycles. The monoisotopic (exact) mass is 353 g/mol. The van der Waals surface area contributed by atoms with Gasteiger partial charge in [-0.25, -0.2) is 8.42 Å². The first-order valence-corrected chi connectivity index (χ1v) is 8.94. The molecule has 0 saturated heterocycles. The number of hydrogen-bond donors (Lipinski definition) is 2. The van der Waals surface area contributed by atoms with Crippen molar-refractivity contribution in [2.24, 2.45) is 0 Å². The van der Waals surface area contributed by atoms with Gasteiger partial charge in [0.15, 0.2) is 0 Å². The van der Waals surface area contributed by atoms with Gasteiger partial charge in [-0.05, 0) is 24.6 Å². The average Bonchev–Trinajstić information content (AvgIpc) is 2.56. The smallest absolute Gasteiger partial charge is 0.251 e. The third kappa shape index (κ3) is 5.17. The number of amides is 2. The SMILES string of the molecule is C=CCNC(=O)c1cccc(S(=O)(=O)N[C@@H](CC)C(=O)N(C)C)c1. The van der Waals surface area contributed by atoms with E-state index in [0.29, 0.717) is 6.42 Å². The first-order valence-electron chi connectivity index (χ1n) is 7.45. The minimum absolute atomic E-state index is 0.0706. The molecule has 2 amide bonds. The predicted molar refractivity (Wildman–Crippen MR) is 92.1 cm³/mol. The fraction of sp³-hybridized carbons (Fsp3) is 0.375. The number of benzene rings is 1. The number of likely N-dealkylation sites (N-methyl/N-ethyl adjacent to an activating group) is 1. The summed E-state index contributed by atoms with van der Waals surface area (Å²) in [6.45, 7) is 5.50. The first-order chi connectivity index (χ1) is 11.2. The minimum Gasteiger partial charge on any atom is -0.349 e. The van der Waals surface area contributed by atoms with Crippen molar-refractivity contribution >= 4 is 21.8 Å². The molecule has 24 heavy (non-hydrogen) atoms. The summed E-state index contributed by atoms with van der Waals surface area (Å²) in [6.07, 6.45) is 1.84. The van der Waals surface area contributed by atoms with Gasteiger partial charge in [-0.3, -0.25) is 9.59 Å². The van der Waals surface area contributed by atoms with E-state index in [1.807, 2.05) is 0 Å². The number of nitrogens with zero attached hydrogens (tertiary/aromatic N) is 1. The molecular formula is C16H23N3O4S. The molecule has 0 aliphatic heterocycles. The van der Waals surface area contributed by atoms with Crippen molar-refractivity contribution < 1.29 is 18.0 Å². The molecule has 8 heteroatoms. The van der Waals surface area contributed by atoms with Gasteiger partial charge < -0.3 is 10.2 Å². The Labute approximate surface area is 142 Å². The highest BCUT2D eigenvalue weighted by Gasteiger charge is 2.25. The van der Waals surface area contributed by atoms with Crippen molar-refractivity contribution in [2.75, 3.05) is 20.6 Å². The summed E-state index contributed by atoms with van der Waals surface area (Å²) in [4.78, 5) is 25.2. The fourth-order valence-electron chi connectivity index (χ4n) is 1.95. The van der Waals surface area contributed by atoms with E-state index in [-0.39, 0.29) is 22.9 Å². The second kappa shape index (κ2) is 8.60. The van der Waals surface area contributed by atoms with Crippen LogP contribution in [0.2, 0.25) is 0 Å². The van der Waals surface area contributed by atoms with Gasteiger partial charge in [-0.2, -0.15) is 4.72 Å². The molecule has 0 aliphatic carbocycles. The van der Waals surface area contributed by atoms with Crippen LogP contribution in [0.1, 0.15) is 23.7 Å². The zero-order valence-corrected chi connectivity index (χ0v) is 14.9. The van der Waals surface area contributed by atoms with Crippen molar-refractivity contribution in [3.05, 3.63) is 42.5 Å². The number of rotatable bonds is 8. The van der Waals surface area contributed by atoms with Crippen molar-refractivity contribution in [1.29, 1.82) is 0 Å². The summed E-state index contributed by atoms with van der Waals surface area (Å²) in [5, 5.41) is 2.58. The molecule has 0 radical (unpaired) electrons. The molecule has 0 fully saturated rings. The molecule has 7 nitrogen and oxygen atoms in total. The zero-order chi connectivity index (χ0) is 18.3. The van der Waals surface area contributed by atoms with Crippen molar-refractivity contribution in [2.45, 2.75) is 24.3 Å².